The standard InChI is InChI=1S/C18H36O4Si/c1-13(2)18(4,5)23(8,9)22-14(3)12-16-15(21-16)10-11-17(19-6)20-7/h10-11,13-17H,12H2,1-9H3/b11-10-/t14-,15-,16-/m1/s1. The number of methoxy groups -OCH3 is 2. The third-order valence-electron chi connectivity index (χ3n) is 5.60. The van der Waals surface area contributed by atoms with Crippen molar-refractivity contribution >= 4 is 8.32 Å². The van der Waals surface area contributed by atoms with E-state index < -0.39 is 8.32 Å². The number of rotatable bonds is 10. The highest BCUT2D eigenvalue weighted by Gasteiger charge is 2.45. The highest BCUT2D eigenvalue weighted by atomic mass is 28.4. The average Bonchev–Trinajstić information content (AvgIpc) is 3.16. The van der Waals surface area contributed by atoms with Gasteiger partial charge in [-0.1, -0.05) is 33.8 Å². The monoisotopic (exact) mass is 344 g/mol. The lowest BCUT2D eigenvalue weighted by Crippen LogP contribution is -2.47. The zero-order valence-electron chi connectivity index (χ0n) is 16.4. The first-order valence-electron chi connectivity index (χ1n) is 8.62. The first-order valence-corrected chi connectivity index (χ1v) is 11.5. The molecule has 0 bridgehead atoms. The van der Waals surface area contributed by atoms with Crippen LogP contribution in [-0.2, 0) is 18.6 Å². The van der Waals surface area contributed by atoms with Gasteiger partial charge in [0.25, 0.3) is 0 Å². The molecule has 0 N–H and O–H groups in total. The zero-order chi connectivity index (χ0) is 17.8. The molecule has 1 aliphatic heterocycles. The van der Waals surface area contributed by atoms with Crippen LogP contribution < -0.4 is 0 Å². The highest BCUT2D eigenvalue weighted by molar-refractivity contribution is 6.74. The van der Waals surface area contributed by atoms with Crippen molar-refractivity contribution < 1.29 is 18.6 Å². The Morgan fingerprint density at radius 3 is 2.17 bits per heavy atom. The maximum atomic E-state index is 6.52. The third kappa shape index (κ3) is 5.68. The Balaban J connectivity index is 2.46. The molecule has 1 heterocycles. The first kappa shape index (κ1) is 20.8. The molecule has 0 unspecified atom stereocenters. The smallest absolute Gasteiger partial charge is 0.192 e. The maximum Gasteiger partial charge on any atom is 0.192 e. The van der Waals surface area contributed by atoms with E-state index in [-0.39, 0.29) is 29.6 Å². The van der Waals surface area contributed by atoms with Crippen molar-refractivity contribution in [1.82, 2.24) is 0 Å². The summed E-state index contributed by atoms with van der Waals surface area (Å²) in [5.74, 6) is 0.615. The maximum absolute atomic E-state index is 6.52. The second-order valence-electron chi connectivity index (χ2n) is 7.91. The Bertz CT molecular complexity index is 388. The van der Waals surface area contributed by atoms with Gasteiger partial charge in [-0.3, -0.25) is 0 Å². The average molecular weight is 345 g/mol. The van der Waals surface area contributed by atoms with Crippen molar-refractivity contribution in [3.63, 3.8) is 0 Å². The predicted octanol–water partition coefficient (Wildman–Crippen LogP) is 4.37. The lowest BCUT2D eigenvalue weighted by Gasteiger charge is -2.44. The van der Waals surface area contributed by atoms with Crippen LogP contribution in [0.25, 0.3) is 0 Å². The van der Waals surface area contributed by atoms with Gasteiger partial charge in [0, 0.05) is 26.7 Å². The normalized spacial score (nSPS) is 24.0. The molecule has 0 aromatic heterocycles. The molecule has 136 valence electrons. The van der Waals surface area contributed by atoms with Crippen molar-refractivity contribution in [3.05, 3.63) is 12.2 Å². The topological polar surface area (TPSA) is 40.2 Å². The molecule has 23 heavy (non-hydrogen) atoms. The molecule has 0 amide bonds. The third-order valence-corrected chi connectivity index (χ3v) is 10.3. The molecule has 3 atom stereocenters. The van der Waals surface area contributed by atoms with Crippen LogP contribution in [0.5, 0.6) is 0 Å². The summed E-state index contributed by atoms with van der Waals surface area (Å²) >= 11 is 0. The molecular formula is C18H36O4Si. The molecule has 1 aliphatic rings. The van der Waals surface area contributed by atoms with Gasteiger partial charge in [-0.15, -0.1) is 0 Å². The van der Waals surface area contributed by atoms with Gasteiger partial charge >= 0.3 is 0 Å². The van der Waals surface area contributed by atoms with Gasteiger partial charge < -0.3 is 18.6 Å². The molecule has 0 aromatic rings. The van der Waals surface area contributed by atoms with Gasteiger partial charge in [-0.25, -0.2) is 0 Å². The first-order chi connectivity index (χ1) is 10.5. The zero-order valence-corrected chi connectivity index (χ0v) is 17.4. The SMILES string of the molecule is COC(/C=C\[C@H]1O[C@@H]1C[C@@H](C)O[Si](C)(C)C(C)(C)C(C)C)OC. The molecule has 4 nitrogen and oxygen atoms in total. The lowest BCUT2D eigenvalue weighted by molar-refractivity contribution is -0.0668. The minimum atomic E-state index is -1.78. The second-order valence-corrected chi connectivity index (χ2v) is 12.5. The van der Waals surface area contributed by atoms with Gasteiger partial charge in [-0.05, 0) is 37.0 Å². The fourth-order valence-electron chi connectivity index (χ4n) is 2.69. The molecule has 0 aromatic carbocycles. The summed E-state index contributed by atoms with van der Waals surface area (Å²) in [4.78, 5) is 0. The quantitative estimate of drug-likeness (QED) is 0.255. The summed E-state index contributed by atoms with van der Waals surface area (Å²) in [7, 11) is 1.48. The minimum absolute atomic E-state index is 0.164. The number of hydrogen-bond acceptors (Lipinski definition) is 4. The van der Waals surface area contributed by atoms with E-state index in [1.807, 2.05) is 12.2 Å². The fraction of sp³-hybridized carbons (Fsp3) is 0.889. The molecule has 1 saturated heterocycles. The summed E-state index contributed by atoms with van der Waals surface area (Å²) in [5, 5.41) is 0.245. The molecule has 0 aliphatic carbocycles. The fourth-order valence-corrected chi connectivity index (χ4v) is 5.49. The van der Waals surface area contributed by atoms with Gasteiger partial charge in [0.1, 0.15) is 6.10 Å². The van der Waals surface area contributed by atoms with Crippen molar-refractivity contribution in [3.8, 4) is 0 Å². The van der Waals surface area contributed by atoms with Crippen LogP contribution in [-0.4, -0.2) is 47.1 Å². The van der Waals surface area contributed by atoms with Crippen molar-refractivity contribution in [2.24, 2.45) is 5.92 Å². The molecule has 0 saturated carbocycles. The van der Waals surface area contributed by atoms with Crippen molar-refractivity contribution in [2.75, 3.05) is 14.2 Å². The molecule has 1 rings (SSSR count). The van der Waals surface area contributed by atoms with Gasteiger partial charge in [0.2, 0.25) is 0 Å². The van der Waals surface area contributed by atoms with E-state index in [4.69, 9.17) is 18.6 Å². The van der Waals surface area contributed by atoms with E-state index in [1.165, 1.54) is 0 Å². The van der Waals surface area contributed by atoms with Crippen LogP contribution in [0.15, 0.2) is 12.2 Å². The van der Waals surface area contributed by atoms with E-state index in [0.717, 1.165) is 6.42 Å². The number of ether oxygens (including phenoxy) is 3. The van der Waals surface area contributed by atoms with E-state index in [1.54, 1.807) is 14.2 Å². The second kappa shape index (κ2) is 8.25. The van der Waals surface area contributed by atoms with E-state index in [0.29, 0.717) is 5.92 Å². The van der Waals surface area contributed by atoms with Gasteiger partial charge in [0.05, 0.1) is 6.10 Å². The summed E-state index contributed by atoms with van der Waals surface area (Å²) < 4.78 is 22.5. The van der Waals surface area contributed by atoms with Gasteiger partial charge in [-0.2, -0.15) is 0 Å². The minimum Gasteiger partial charge on any atom is -0.414 e. The summed E-state index contributed by atoms with van der Waals surface area (Å²) in [6.07, 6.45) is 5.20. The molecule has 0 spiro atoms. The molecule has 5 heteroatoms. The molecule has 0 radical (unpaired) electrons. The predicted molar refractivity (Wildman–Crippen MR) is 97.1 cm³/mol. The molecular weight excluding hydrogens is 308 g/mol. The largest absolute Gasteiger partial charge is 0.414 e. The van der Waals surface area contributed by atoms with Crippen molar-refractivity contribution in [1.29, 1.82) is 0 Å². The Hall–Kier alpha value is -0.203. The van der Waals surface area contributed by atoms with Crippen LogP contribution in [0.1, 0.15) is 41.0 Å². The summed E-state index contributed by atoms with van der Waals surface area (Å²) in [5.41, 5.74) is 0. The number of epoxide rings is 1. The van der Waals surface area contributed by atoms with E-state index in [9.17, 15) is 0 Å². The van der Waals surface area contributed by atoms with Crippen LogP contribution >= 0.6 is 0 Å². The lowest BCUT2D eigenvalue weighted by atomic mass is 9.99. The van der Waals surface area contributed by atoms with Gasteiger partial charge in [0.15, 0.2) is 14.6 Å². The van der Waals surface area contributed by atoms with Crippen LogP contribution in [0.4, 0.5) is 0 Å². The molecule has 1 fully saturated rings. The summed E-state index contributed by atoms with van der Waals surface area (Å²) in [6.45, 7) is 16.1. The Morgan fingerprint density at radius 1 is 1.13 bits per heavy atom. The van der Waals surface area contributed by atoms with Crippen LogP contribution in [0.2, 0.25) is 18.1 Å². The van der Waals surface area contributed by atoms with Crippen LogP contribution in [0.3, 0.4) is 0 Å². The Morgan fingerprint density at radius 2 is 1.70 bits per heavy atom. The van der Waals surface area contributed by atoms with E-state index >= 15 is 0 Å². The Kier molecular flexibility index (Phi) is 7.48. The number of hydrogen-bond donors (Lipinski definition) is 0. The van der Waals surface area contributed by atoms with Crippen LogP contribution in [0, 0.1) is 5.92 Å². The Labute approximate surface area is 143 Å². The highest BCUT2D eigenvalue weighted by Crippen LogP contribution is 2.45. The van der Waals surface area contributed by atoms with Crippen molar-refractivity contribution in [2.45, 2.75) is 83.8 Å². The van der Waals surface area contributed by atoms with E-state index in [2.05, 4.69) is 47.7 Å². The summed E-state index contributed by atoms with van der Waals surface area (Å²) in [6, 6.07) is 0.